The van der Waals surface area contributed by atoms with Gasteiger partial charge in [0.15, 0.2) is 11.5 Å². The summed E-state index contributed by atoms with van der Waals surface area (Å²) in [5, 5.41) is 6.06. The molecule has 2 aromatic heterocycles. The summed E-state index contributed by atoms with van der Waals surface area (Å²) in [4.78, 5) is 20.2. The fourth-order valence-corrected chi connectivity index (χ4v) is 4.32. The molecule has 0 atom stereocenters. The van der Waals surface area contributed by atoms with Crippen LogP contribution in [0.2, 0.25) is 0 Å². The van der Waals surface area contributed by atoms with E-state index < -0.39 is 0 Å². The first-order valence-electron chi connectivity index (χ1n) is 11.0. The second-order valence-corrected chi connectivity index (χ2v) is 11.5. The summed E-state index contributed by atoms with van der Waals surface area (Å²) >= 11 is 0. The Morgan fingerprint density at radius 2 is 1.69 bits per heavy atom. The number of halogens is 1. The molecule has 0 saturated heterocycles. The molecule has 2 N–H and O–H groups in total. The lowest BCUT2D eigenvalue weighted by molar-refractivity contribution is 0.102. The lowest BCUT2D eigenvalue weighted by atomic mass is 9.80. The van der Waals surface area contributed by atoms with Gasteiger partial charge in [-0.3, -0.25) is 9.89 Å². The maximum atomic E-state index is 13.2. The van der Waals surface area contributed by atoms with Gasteiger partial charge in [-0.1, -0.05) is 41.5 Å². The third-order valence-corrected chi connectivity index (χ3v) is 5.68. The number of nitrogens with one attached hydrogen (secondary N) is 2. The van der Waals surface area contributed by atoms with Crippen molar-refractivity contribution in [3.8, 4) is 0 Å². The molecule has 0 aliphatic rings. The Bertz CT molecular complexity index is 1110. The molecule has 0 fully saturated rings. The third kappa shape index (κ3) is 4.81. The molecule has 0 aliphatic heterocycles. The summed E-state index contributed by atoms with van der Waals surface area (Å²) in [6.07, 6.45) is 2.65. The molecular weight excluding hydrogens is 405 g/mol. The number of nitrogens with zero attached hydrogens (tertiary/aromatic N) is 3. The van der Waals surface area contributed by atoms with E-state index in [0.717, 1.165) is 17.9 Å². The number of H-pyrrole nitrogens is 1. The number of fused-ring (bicyclic) bond motifs is 1. The minimum absolute atomic E-state index is 0.143. The molecule has 7 heteroatoms. The molecule has 0 bridgehead atoms. The van der Waals surface area contributed by atoms with Crippen molar-refractivity contribution in [1.82, 2.24) is 14.6 Å². The van der Waals surface area contributed by atoms with E-state index in [9.17, 15) is 9.18 Å². The van der Waals surface area contributed by atoms with Gasteiger partial charge in [-0.2, -0.15) is 0 Å². The topological polar surface area (TPSA) is 65.4 Å². The van der Waals surface area contributed by atoms with Crippen molar-refractivity contribution in [3.63, 3.8) is 0 Å². The Hall–Kier alpha value is -2.83. The standard InChI is InChI=1S/C25H36FN5O/c1-23(2,3)15-25(7,8)30(9)22-19(24(4,5)6)29-20-18(14-27-31(20)22)21(32)28-17-12-10-16(26)11-13-17/h10-14,27H,15H2,1-9H3,(H,28,32). The van der Waals surface area contributed by atoms with E-state index in [4.69, 9.17) is 4.98 Å². The molecule has 0 spiro atoms. The predicted octanol–water partition coefficient (Wildman–Crippen LogP) is 6.00. The Kier molecular flexibility index (Phi) is 5.91. The summed E-state index contributed by atoms with van der Waals surface area (Å²) in [6, 6.07) is 5.72. The van der Waals surface area contributed by atoms with E-state index >= 15 is 0 Å². The largest absolute Gasteiger partial charge is 0.353 e. The average Bonchev–Trinajstić information content (AvgIpc) is 3.19. The normalized spacial score (nSPS) is 12.9. The molecule has 1 aromatic carbocycles. The van der Waals surface area contributed by atoms with Gasteiger partial charge >= 0.3 is 0 Å². The van der Waals surface area contributed by atoms with Crippen LogP contribution in [-0.4, -0.2) is 33.1 Å². The summed E-state index contributed by atoms with van der Waals surface area (Å²) < 4.78 is 15.1. The van der Waals surface area contributed by atoms with E-state index in [0.29, 0.717) is 16.9 Å². The number of aromatic amines is 1. The van der Waals surface area contributed by atoms with Crippen molar-refractivity contribution < 1.29 is 9.18 Å². The number of aromatic nitrogens is 3. The molecule has 0 unspecified atom stereocenters. The van der Waals surface area contributed by atoms with Gasteiger partial charge in [0, 0.05) is 29.9 Å². The molecule has 174 valence electrons. The van der Waals surface area contributed by atoms with Gasteiger partial charge in [0.2, 0.25) is 0 Å². The number of carbonyl (C=O) groups excluding carboxylic acids is 1. The number of carbonyl (C=O) groups is 1. The third-order valence-electron chi connectivity index (χ3n) is 5.68. The molecule has 6 nitrogen and oxygen atoms in total. The molecule has 2 heterocycles. The molecular formula is C25H36FN5O. The van der Waals surface area contributed by atoms with E-state index in [2.05, 4.69) is 77.8 Å². The van der Waals surface area contributed by atoms with Crippen LogP contribution in [0.25, 0.3) is 5.65 Å². The zero-order valence-electron chi connectivity index (χ0n) is 20.7. The fourth-order valence-electron chi connectivity index (χ4n) is 4.32. The highest BCUT2D eigenvalue weighted by Gasteiger charge is 2.36. The highest BCUT2D eigenvalue weighted by molar-refractivity contribution is 6.08. The van der Waals surface area contributed by atoms with Gasteiger partial charge in [-0.05, 0) is 49.9 Å². The van der Waals surface area contributed by atoms with E-state index in [-0.39, 0.29) is 28.1 Å². The van der Waals surface area contributed by atoms with Crippen molar-refractivity contribution in [3.05, 3.63) is 47.5 Å². The minimum Gasteiger partial charge on any atom is -0.353 e. The lowest BCUT2D eigenvalue weighted by Gasteiger charge is -2.42. The van der Waals surface area contributed by atoms with Gasteiger partial charge in [0.1, 0.15) is 11.4 Å². The Balaban J connectivity index is 2.07. The van der Waals surface area contributed by atoms with Crippen molar-refractivity contribution in [2.75, 3.05) is 17.3 Å². The second kappa shape index (κ2) is 7.94. The number of anilines is 2. The van der Waals surface area contributed by atoms with E-state index in [1.165, 1.54) is 24.3 Å². The van der Waals surface area contributed by atoms with Crippen molar-refractivity contribution in [2.45, 2.75) is 72.8 Å². The van der Waals surface area contributed by atoms with Crippen molar-refractivity contribution in [2.24, 2.45) is 5.41 Å². The summed E-state index contributed by atoms with van der Waals surface area (Å²) in [7, 11) is 2.09. The van der Waals surface area contributed by atoms with Crippen LogP contribution in [0.5, 0.6) is 0 Å². The summed E-state index contributed by atoms with van der Waals surface area (Å²) in [5.41, 5.74) is 2.25. The highest BCUT2D eigenvalue weighted by Crippen LogP contribution is 2.39. The van der Waals surface area contributed by atoms with Crippen molar-refractivity contribution in [1.29, 1.82) is 0 Å². The molecule has 0 radical (unpaired) electrons. The van der Waals surface area contributed by atoms with Gasteiger partial charge in [-0.25, -0.2) is 13.9 Å². The molecule has 0 aliphatic carbocycles. The molecule has 3 rings (SSSR count). The van der Waals surface area contributed by atoms with Crippen LogP contribution >= 0.6 is 0 Å². The number of amides is 1. The second-order valence-electron chi connectivity index (χ2n) is 11.5. The number of hydrogen-bond acceptors (Lipinski definition) is 3. The van der Waals surface area contributed by atoms with Crippen molar-refractivity contribution >= 4 is 23.1 Å². The van der Waals surface area contributed by atoms with Gasteiger partial charge in [0.25, 0.3) is 5.91 Å². The first-order chi connectivity index (χ1) is 14.6. The minimum atomic E-state index is -0.347. The Labute approximate surface area is 190 Å². The van der Waals surface area contributed by atoms with Gasteiger partial charge in [-0.15, -0.1) is 0 Å². The maximum absolute atomic E-state index is 13.2. The van der Waals surface area contributed by atoms with Crippen LogP contribution in [0.15, 0.2) is 30.5 Å². The van der Waals surface area contributed by atoms with E-state index in [1.54, 1.807) is 6.20 Å². The molecule has 32 heavy (non-hydrogen) atoms. The van der Waals surface area contributed by atoms with Crippen LogP contribution < -0.4 is 10.2 Å². The van der Waals surface area contributed by atoms with E-state index in [1.807, 2.05) is 4.52 Å². The molecule has 0 saturated carbocycles. The van der Waals surface area contributed by atoms with Crippen LogP contribution in [-0.2, 0) is 5.41 Å². The Morgan fingerprint density at radius 3 is 2.22 bits per heavy atom. The first-order valence-corrected chi connectivity index (χ1v) is 11.0. The summed E-state index contributed by atoms with van der Waals surface area (Å²) in [6.45, 7) is 17.6. The molecule has 1 amide bonds. The Morgan fingerprint density at radius 1 is 1.09 bits per heavy atom. The number of benzene rings is 1. The van der Waals surface area contributed by atoms with Crippen LogP contribution in [0, 0.1) is 11.2 Å². The number of hydrogen-bond donors (Lipinski definition) is 2. The van der Waals surface area contributed by atoms with Crippen LogP contribution in [0.4, 0.5) is 15.9 Å². The zero-order valence-corrected chi connectivity index (χ0v) is 20.7. The lowest BCUT2D eigenvalue weighted by Crippen LogP contribution is -2.45. The van der Waals surface area contributed by atoms with Gasteiger partial charge < -0.3 is 10.2 Å². The van der Waals surface area contributed by atoms with Gasteiger partial charge in [0.05, 0.1) is 5.69 Å². The highest BCUT2D eigenvalue weighted by atomic mass is 19.1. The quantitative estimate of drug-likeness (QED) is 0.510. The number of imidazole rings is 1. The number of rotatable bonds is 5. The fraction of sp³-hybridized carbons (Fsp3) is 0.520. The average molecular weight is 442 g/mol. The molecule has 3 aromatic rings. The predicted molar refractivity (Wildman–Crippen MR) is 129 cm³/mol. The SMILES string of the molecule is CN(c1c(C(C)(C)C)nc2c(C(=O)Nc3ccc(F)cc3)c[nH]n12)C(C)(C)CC(C)(C)C. The first kappa shape index (κ1) is 23.8. The smallest absolute Gasteiger partial charge is 0.261 e. The van der Waals surface area contributed by atoms with Crippen LogP contribution in [0.1, 0.15) is 77.9 Å². The zero-order chi connectivity index (χ0) is 24.1. The summed E-state index contributed by atoms with van der Waals surface area (Å²) in [5.74, 6) is 0.305. The van der Waals surface area contributed by atoms with Crippen LogP contribution in [0.3, 0.4) is 0 Å². The monoisotopic (exact) mass is 441 g/mol. The maximum Gasteiger partial charge on any atom is 0.261 e.